The van der Waals surface area contributed by atoms with Crippen LogP contribution in [0.1, 0.15) is 26.7 Å². The predicted octanol–water partition coefficient (Wildman–Crippen LogP) is 1.46. The van der Waals surface area contributed by atoms with E-state index in [2.05, 4.69) is 29.3 Å². The van der Waals surface area contributed by atoms with Gasteiger partial charge in [0.15, 0.2) is 0 Å². The van der Waals surface area contributed by atoms with Crippen LogP contribution < -0.4 is 5.73 Å². The first-order valence-corrected chi connectivity index (χ1v) is 4.87. The molecule has 3 N–H and O–H groups in total. The van der Waals surface area contributed by atoms with Crippen LogP contribution in [-0.4, -0.2) is 29.9 Å². The van der Waals surface area contributed by atoms with Gasteiger partial charge in [-0.2, -0.15) is 5.26 Å². The predicted molar refractivity (Wildman–Crippen MR) is 53.3 cm³/mol. The summed E-state index contributed by atoms with van der Waals surface area (Å²) < 4.78 is 0. The number of nitrogens with zero attached hydrogens (tertiary/aromatic N) is 3. The molecule has 0 aliphatic rings. The number of rotatable bonds is 8. The molecule has 0 bridgehead atoms. The summed E-state index contributed by atoms with van der Waals surface area (Å²) in [6.07, 6.45) is 2.17. The van der Waals surface area contributed by atoms with Crippen molar-refractivity contribution in [1.82, 2.24) is 5.01 Å². The van der Waals surface area contributed by atoms with Crippen LogP contribution in [-0.2, 0) is 4.99 Å². The molecule has 0 aliphatic carbocycles. The maximum absolute atomic E-state index is 7.98. The van der Waals surface area contributed by atoms with Gasteiger partial charge in [0.05, 0.1) is 11.8 Å². The molecular weight excluding hydrogens is 184 g/mol. The van der Waals surface area contributed by atoms with Gasteiger partial charge in [0.1, 0.15) is 0 Å². The van der Waals surface area contributed by atoms with E-state index in [1.165, 1.54) is 0 Å². The molecule has 0 heterocycles. The molecule has 0 spiro atoms. The SMILES string of the molecule is CC(C)CCCN(CCN)/N=N/OO. The molecule has 0 rings (SSSR count). The molecular formula is C8H20N4O2. The molecule has 0 atom stereocenters. The minimum Gasteiger partial charge on any atom is -0.329 e. The molecule has 0 fully saturated rings. The Labute approximate surface area is 84.6 Å². The summed E-state index contributed by atoms with van der Waals surface area (Å²) in [5.41, 5.74) is 5.39. The van der Waals surface area contributed by atoms with Crippen LogP contribution in [0.4, 0.5) is 0 Å². The standard InChI is InChI=1S/C8H20N4O2/c1-8(2)4-3-6-12(7-5-9)10-11-14-13/h8,13H,3-7,9H2,1-2H3/b11-10+. The molecule has 0 saturated heterocycles. The van der Waals surface area contributed by atoms with Crippen molar-refractivity contribution in [2.75, 3.05) is 19.6 Å². The van der Waals surface area contributed by atoms with Crippen LogP contribution in [0.15, 0.2) is 10.5 Å². The first kappa shape index (κ1) is 13.1. The lowest BCUT2D eigenvalue weighted by atomic mass is 10.1. The van der Waals surface area contributed by atoms with Gasteiger partial charge in [-0.25, -0.2) is 4.99 Å². The van der Waals surface area contributed by atoms with E-state index >= 15 is 0 Å². The van der Waals surface area contributed by atoms with Gasteiger partial charge in [-0.3, -0.25) is 5.01 Å². The van der Waals surface area contributed by atoms with Gasteiger partial charge >= 0.3 is 0 Å². The zero-order chi connectivity index (χ0) is 10.8. The molecule has 0 aromatic heterocycles. The fourth-order valence-corrected chi connectivity index (χ4v) is 1.10. The highest BCUT2D eigenvalue weighted by Crippen LogP contribution is 2.05. The normalized spacial score (nSPS) is 11.2. The molecule has 0 amide bonds. The zero-order valence-corrected chi connectivity index (χ0v) is 8.89. The summed E-state index contributed by atoms with van der Waals surface area (Å²) in [5, 5.41) is 16.3. The maximum Gasteiger partial charge on any atom is 0.0837 e. The lowest BCUT2D eigenvalue weighted by Gasteiger charge is -2.16. The van der Waals surface area contributed by atoms with Crippen molar-refractivity contribution in [3.63, 3.8) is 0 Å². The molecule has 6 nitrogen and oxygen atoms in total. The van der Waals surface area contributed by atoms with E-state index in [1.807, 2.05) is 0 Å². The Morgan fingerprint density at radius 2 is 2.14 bits per heavy atom. The van der Waals surface area contributed by atoms with Crippen LogP contribution in [0.3, 0.4) is 0 Å². The second kappa shape index (κ2) is 8.71. The summed E-state index contributed by atoms with van der Waals surface area (Å²) in [6.45, 7) is 6.25. The van der Waals surface area contributed by atoms with Crippen LogP contribution in [0.5, 0.6) is 0 Å². The first-order valence-electron chi connectivity index (χ1n) is 4.87. The van der Waals surface area contributed by atoms with Crippen molar-refractivity contribution < 1.29 is 10.2 Å². The van der Waals surface area contributed by atoms with E-state index in [0.717, 1.165) is 19.4 Å². The molecule has 0 unspecified atom stereocenters. The number of hydrogen-bond acceptors (Lipinski definition) is 5. The lowest BCUT2D eigenvalue weighted by molar-refractivity contribution is -0.254. The number of hydrogen-bond donors (Lipinski definition) is 2. The van der Waals surface area contributed by atoms with Crippen molar-refractivity contribution in [2.24, 2.45) is 22.2 Å². The van der Waals surface area contributed by atoms with Gasteiger partial charge in [-0.1, -0.05) is 13.8 Å². The van der Waals surface area contributed by atoms with Crippen LogP contribution >= 0.6 is 0 Å². The quantitative estimate of drug-likeness (QED) is 0.356. The third-order valence-electron chi connectivity index (χ3n) is 1.78. The summed E-state index contributed by atoms with van der Waals surface area (Å²) in [7, 11) is 0. The molecule has 0 radical (unpaired) electrons. The smallest absolute Gasteiger partial charge is 0.0837 e. The van der Waals surface area contributed by atoms with Gasteiger partial charge in [0.2, 0.25) is 0 Å². The molecule has 0 aromatic carbocycles. The third kappa shape index (κ3) is 7.75. The van der Waals surface area contributed by atoms with Crippen LogP contribution in [0, 0.1) is 5.92 Å². The second-order valence-corrected chi connectivity index (χ2v) is 3.53. The maximum atomic E-state index is 7.98. The molecule has 6 heteroatoms. The van der Waals surface area contributed by atoms with Crippen molar-refractivity contribution in [3.8, 4) is 0 Å². The summed E-state index contributed by atoms with van der Waals surface area (Å²) in [4.78, 5) is 3.52. The van der Waals surface area contributed by atoms with Crippen molar-refractivity contribution in [2.45, 2.75) is 26.7 Å². The van der Waals surface area contributed by atoms with E-state index in [4.69, 9.17) is 11.0 Å². The van der Waals surface area contributed by atoms with Crippen molar-refractivity contribution in [3.05, 3.63) is 0 Å². The monoisotopic (exact) mass is 204 g/mol. The van der Waals surface area contributed by atoms with Gasteiger partial charge in [0, 0.05) is 13.1 Å². The number of nitrogens with two attached hydrogens (primary N) is 1. The van der Waals surface area contributed by atoms with E-state index in [9.17, 15) is 0 Å². The average molecular weight is 204 g/mol. The largest absolute Gasteiger partial charge is 0.329 e. The summed E-state index contributed by atoms with van der Waals surface area (Å²) in [5.74, 6) is 0.681. The van der Waals surface area contributed by atoms with Gasteiger partial charge in [0.25, 0.3) is 0 Å². The van der Waals surface area contributed by atoms with E-state index in [0.29, 0.717) is 19.0 Å². The lowest BCUT2D eigenvalue weighted by Crippen LogP contribution is -2.25. The topological polar surface area (TPSA) is 83.4 Å². The van der Waals surface area contributed by atoms with E-state index < -0.39 is 0 Å². The van der Waals surface area contributed by atoms with E-state index in [-0.39, 0.29) is 0 Å². The zero-order valence-electron chi connectivity index (χ0n) is 8.89. The average Bonchev–Trinajstić information content (AvgIpc) is 2.13. The molecule has 0 aliphatic heterocycles. The highest BCUT2D eigenvalue weighted by atomic mass is 17.2. The Hall–Kier alpha value is -0.880. The van der Waals surface area contributed by atoms with Gasteiger partial charge in [-0.15, -0.1) is 0 Å². The fourth-order valence-electron chi connectivity index (χ4n) is 1.10. The van der Waals surface area contributed by atoms with Gasteiger partial charge in [-0.05, 0) is 24.0 Å². The highest BCUT2D eigenvalue weighted by Gasteiger charge is 2.01. The van der Waals surface area contributed by atoms with Gasteiger partial charge < -0.3 is 5.73 Å². The Morgan fingerprint density at radius 1 is 1.43 bits per heavy atom. The second-order valence-electron chi connectivity index (χ2n) is 3.53. The Kier molecular flexibility index (Phi) is 8.16. The minimum absolute atomic E-state index is 0.506. The van der Waals surface area contributed by atoms with Crippen LogP contribution in [0.2, 0.25) is 0 Å². The first-order chi connectivity index (χ1) is 6.70. The Morgan fingerprint density at radius 3 is 2.64 bits per heavy atom. The van der Waals surface area contributed by atoms with E-state index in [1.54, 1.807) is 5.01 Å². The molecule has 84 valence electrons. The highest BCUT2D eigenvalue weighted by molar-refractivity contribution is 4.53. The van der Waals surface area contributed by atoms with Crippen molar-refractivity contribution >= 4 is 0 Å². The summed E-state index contributed by atoms with van der Waals surface area (Å²) in [6, 6.07) is 0. The Balaban J connectivity index is 3.67. The Bertz CT molecular complexity index is 152. The van der Waals surface area contributed by atoms with Crippen molar-refractivity contribution in [1.29, 1.82) is 0 Å². The fraction of sp³-hybridized carbons (Fsp3) is 1.00. The third-order valence-corrected chi connectivity index (χ3v) is 1.78. The molecule has 0 saturated carbocycles. The molecule has 0 aromatic rings. The van der Waals surface area contributed by atoms with Crippen LogP contribution in [0.25, 0.3) is 0 Å². The molecule has 14 heavy (non-hydrogen) atoms. The summed E-state index contributed by atoms with van der Waals surface area (Å²) >= 11 is 0. The minimum atomic E-state index is 0.506.